The van der Waals surface area contributed by atoms with E-state index in [1.807, 2.05) is 0 Å². The second-order valence-electron chi connectivity index (χ2n) is 4.86. The summed E-state index contributed by atoms with van der Waals surface area (Å²) in [5.41, 5.74) is 0. The molecule has 1 aromatic heterocycles. The van der Waals surface area contributed by atoms with E-state index in [4.69, 9.17) is 16.3 Å². The molecule has 90 valence electrons. The number of hydrogen-bond donors (Lipinski definition) is 0. The summed E-state index contributed by atoms with van der Waals surface area (Å²) in [6, 6.07) is 1.10. The first-order valence-electron chi connectivity index (χ1n) is 5.18. The molecule has 0 bridgehead atoms. The van der Waals surface area contributed by atoms with Gasteiger partial charge in [0.1, 0.15) is 11.9 Å². The van der Waals surface area contributed by atoms with Crippen LogP contribution < -0.4 is 0 Å². The number of nitrogens with zero attached hydrogens (tertiary/aromatic N) is 2. The number of carbonyl (C=O) groups is 1. The van der Waals surface area contributed by atoms with E-state index in [9.17, 15) is 4.79 Å². The van der Waals surface area contributed by atoms with Crippen molar-refractivity contribution >= 4 is 26.0 Å². The first-order chi connectivity index (χ1) is 7.42. The highest BCUT2D eigenvalue weighted by Gasteiger charge is 2.12. The van der Waals surface area contributed by atoms with E-state index < -0.39 is 8.07 Å². The van der Waals surface area contributed by atoms with Crippen molar-refractivity contribution in [2.75, 3.05) is 6.61 Å². The number of halogens is 1. The zero-order valence-electron chi connectivity index (χ0n) is 9.86. The number of aldehydes is 1. The fourth-order valence-corrected chi connectivity index (χ4v) is 2.10. The van der Waals surface area contributed by atoms with Gasteiger partial charge in [0, 0.05) is 20.9 Å². The minimum absolute atomic E-state index is 0.304. The fraction of sp³-hybridized carbons (Fsp3) is 0.600. The average molecular weight is 261 g/mol. The van der Waals surface area contributed by atoms with Gasteiger partial charge < -0.3 is 9.30 Å². The normalized spacial score (nSPS) is 11.8. The minimum atomic E-state index is -1.06. The number of aromatic nitrogens is 2. The summed E-state index contributed by atoms with van der Waals surface area (Å²) in [7, 11) is -1.06. The van der Waals surface area contributed by atoms with Gasteiger partial charge in [0.15, 0.2) is 12.1 Å². The Bertz CT molecular complexity index is 360. The van der Waals surface area contributed by atoms with Crippen LogP contribution in [0.1, 0.15) is 10.6 Å². The maximum absolute atomic E-state index is 10.6. The Morgan fingerprint density at radius 2 is 2.25 bits per heavy atom. The SMILES string of the molecule is C[Si](C)(C)CCOCn1cc(Cl)nc1C=O. The number of ether oxygens (including phenoxy) is 1. The molecular formula is C10H17ClN2O2Si. The molecule has 0 amide bonds. The van der Waals surface area contributed by atoms with Gasteiger partial charge in [0.25, 0.3) is 0 Å². The Morgan fingerprint density at radius 1 is 1.56 bits per heavy atom. The van der Waals surface area contributed by atoms with Crippen molar-refractivity contribution in [3.63, 3.8) is 0 Å². The lowest BCUT2D eigenvalue weighted by Gasteiger charge is -2.15. The highest BCUT2D eigenvalue weighted by molar-refractivity contribution is 6.76. The topological polar surface area (TPSA) is 44.1 Å². The van der Waals surface area contributed by atoms with Crippen LogP contribution in [-0.4, -0.2) is 30.5 Å². The molecule has 0 spiro atoms. The van der Waals surface area contributed by atoms with Crippen LogP contribution in [-0.2, 0) is 11.5 Å². The van der Waals surface area contributed by atoms with Gasteiger partial charge in [-0.15, -0.1) is 0 Å². The molecular weight excluding hydrogens is 244 g/mol. The van der Waals surface area contributed by atoms with Gasteiger partial charge in [-0.05, 0) is 6.04 Å². The minimum Gasteiger partial charge on any atom is -0.361 e. The van der Waals surface area contributed by atoms with Crippen LogP contribution in [0.15, 0.2) is 6.20 Å². The maximum atomic E-state index is 10.6. The highest BCUT2D eigenvalue weighted by Crippen LogP contribution is 2.10. The molecule has 0 aliphatic carbocycles. The van der Waals surface area contributed by atoms with E-state index in [-0.39, 0.29) is 0 Å². The van der Waals surface area contributed by atoms with Crippen LogP contribution >= 0.6 is 11.6 Å². The number of rotatable bonds is 6. The Kier molecular flexibility index (Phi) is 4.70. The quantitative estimate of drug-likeness (QED) is 0.449. The van der Waals surface area contributed by atoms with Crippen molar-refractivity contribution in [3.05, 3.63) is 17.2 Å². The van der Waals surface area contributed by atoms with Gasteiger partial charge in [0.2, 0.25) is 0 Å². The summed E-state index contributed by atoms with van der Waals surface area (Å²) in [5.74, 6) is 0.304. The first-order valence-corrected chi connectivity index (χ1v) is 9.26. The summed E-state index contributed by atoms with van der Waals surface area (Å²) in [4.78, 5) is 14.5. The summed E-state index contributed by atoms with van der Waals surface area (Å²) in [5, 5.41) is 0.316. The number of carbonyl (C=O) groups excluding carboxylic acids is 1. The van der Waals surface area contributed by atoms with E-state index in [0.717, 1.165) is 6.04 Å². The Hall–Kier alpha value is -0.653. The van der Waals surface area contributed by atoms with Gasteiger partial charge in [-0.1, -0.05) is 31.2 Å². The summed E-state index contributed by atoms with van der Waals surface area (Å²) in [6.45, 7) is 7.92. The third kappa shape index (κ3) is 4.47. The van der Waals surface area contributed by atoms with E-state index >= 15 is 0 Å². The molecule has 0 aliphatic rings. The number of imidazole rings is 1. The van der Waals surface area contributed by atoms with Crippen LogP contribution in [0.2, 0.25) is 30.8 Å². The zero-order valence-corrected chi connectivity index (χ0v) is 11.6. The van der Waals surface area contributed by atoms with Gasteiger partial charge in [-0.25, -0.2) is 4.98 Å². The second kappa shape index (κ2) is 5.61. The summed E-state index contributed by atoms with van der Waals surface area (Å²) < 4.78 is 7.10. The van der Waals surface area contributed by atoms with Crippen LogP contribution in [0.5, 0.6) is 0 Å². The third-order valence-corrected chi connectivity index (χ3v) is 4.00. The molecule has 0 atom stereocenters. The van der Waals surface area contributed by atoms with E-state index in [1.54, 1.807) is 10.8 Å². The Balaban J connectivity index is 2.40. The van der Waals surface area contributed by atoms with Gasteiger partial charge in [0.05, 0.1) is 0 Å². The van der Waals surface area contributed by atoms with Crippen LogP contribution in [0.25, 0.3) is 0 Å². The second-order valence-corrected chi connectivity index (χ2v) is 10.9. The molecule has 0 aromatic carbocycles. The van der Waals surface area contributed by atoms with Crippen LogP contribution in [0, 0.1) is 0 Å². The lowest BCUT2D eigenvalue weighted by molar-refractivity contribution is 0.0832. The van der Waals surface area contributed by atoms with Crippen molar-refractivity contribution in [3.8, 4) is 0 Å². The molecule has 0 unspecified atom stereocenters. The Labute approximate surface area is 102 Å². The summed E-state index contributed by atoms with van der Waals surface area (Å²) >= 11 is 5.69. The molecule has 1 heterocycles. The molecule has 4 nitrogen and oxygen atoms in total. The largest absolute Gasteiger partial charge is 0.361 e. The first kappa shape index (κ1) is 13.4. The van der Waals surface area contributed by atoms with Gasteiger partial charge in [-0.2, -0.15) is 0 Å². The monoisotopic (exact) mass is 260 g/mol. The predicted molar refractivity (Wildman–Crippen MR) is 66.7 cm³/mol. The lowest BCUT2D eigenvalue weighted by Crippen LogP contribution is -2.22. The van der Waals surface area contributed by atoms with Crippen molar-refractivity contribution in [1.29, 1.82) is 0 Å². The Morgan fingerprint density at radius 3 is 2.81 bits per heavy atom. The van der Waals surface area contributed by atoms with E-state index in [1.165, 1.54) is 0 Å². The highest BCUT2D eigenvalue weighted by atomic mass is 35.5. The maximum Gasteiger partial charge on any atom is 0.185 e. The third-order valence-electron chi connectivity index (χ3n) is 2.11. The zero-order chi connectivity index (χ0) is 12.2. The van der Waals surface area contributed by atoms with Crippen LogP contribution in [0.3, 0.4) is 0 Å². The molecule has 0 radical (unpaired) electrons. The predicted octanol–water partition coefficient (Wildman–Crippen LogP) is 2.66. The molecule has 0 saturated carbocycles. The molecule has 16 heavy (non-hydrogen) atoms. The van der Waals surface area contributed by atoms with Crippen molar-refractivity contribution < 1.29 is 9.53 Å². The standard InChI is InChI=1S/C10H17ClN2O2Si/c1-16(2,3)5-4-15-8-13-6-9(11)12-10(13)7-14/h6-7H,4-5,8H2,1-3H3. The molecule has 6 heteroatoms. The molecule has 0 N–H and O–H groups in total. The fourth-order valence-electron chi connectivity index (χ4n) is 1.14. The molecule has 1 aromatic rings. The number of hydrogen-bond acceptors (Lipinski definition) is 3. The molecule has 1 rings (SSSR count). The summed E-state index contributed by atoms with van der Waals surface area (Å²) in [6.07, 6.45) is 2.27. The van der Waals surface area contributed by atoms with Crippen molar-refractivity contribution in [2.45, 2.75) is 32.4 Å². The van der Waals surface area contributed by atoms with Gasteiger partial charge in [-0.3, -0.25) is 4.79 Å². The smallest absolute Gasteiger partial charge is 0.185 e. The van der Waals surface area contributed by atoms with E-state index in [2.05, 4.69) is 24.6 Å². The van der Waals surface area contributed by atoms with Crippen LogP contribution in [0.4, 0.5) is 0 Å². The van der Waals surface area contributed by atoms with E-state index in [0.29, 0.717) is 30.6 Å². The molecule has 0 fully saturated rings. The van der Waals surface area contributed by atoms with Gasteiger partial charge >= 0.3 is 0 Å². The molecule has 0 saturated heterocycles. The average Bonchev–Trinajstić information content (AvgIpc) is 2.52. The van der Waals surface area contributed by atoms with Crippen molar-refractivity contribution in [1.82, 2.24) is 9.55 Å². The lowest BCUT2D eigenvalue weighted by atomic mass is 10.7. The van der Waals surface area contributed by atoms with Crippen molar-refractivity contribution in [2.24, 2.45) is 0 Å². The molecule has 0 aliphatic heterocycles.